The van der Waals surface area contributed by atoms with Gasteiger partial charge in [0.1, 0.15) is 5.56 Å². The number of fused-ring (bicyclic) bond motifs is 1. The van der Waals surface area contributed by atoms with Crippen molar-refractivity contribution in [2.24, 2.45) is 0 Å². The van der Waals surface area contributed by atoms with Crippen LogP contribution in [0.15, 0.2) is 30.9 Å². The van der Waals surface area contributed by atoms with Crippen molar-refractivity contribution < 1.29 is 4.79 Å². The second-order valence-electron chi connectivity index (χ2n) is 8.11. The first kappa shape index (κ1) is 20.0. The van der Waals surface area contributed by atoms with Gasteiger partial charge in [-0.3, -0.25) is 9.78 Å². The molecule has 0 saturated carbocycles. The zero-order chi connectivity index (χ0) is 21.4. The van der Waals surface area contributed by atoms with Crippen LogP contribution in [0.5, 0.6) is 0 Å². The highest BCUT2D eigenvalue weighted by molar-refractivity contribution is 6.30. The number of anilines is 3. The maximum Gasteiger partial charge on any atom is 0.263 e. The number of nitrogens with one attached hydrogen (secondary N) is 1. The number of hydrogen-bond donors (Lipinski definition) is 2. The van der Waals surface area contributed by atoms with E-state index in [0.717, 1.165) is 31.6 Å². The molecule has 3 N–H and O–H groups in total. The molecular weight excluding hydrogens is 416 g/mol. The summed E-state index contributed by atoms with van der Waals surface area (Å²) in [6, 6.07) is 2.61. The van der Waals surface area contributed by atoms with Crippen LogP contribution in [0.4, 0.5) is 17.2 Å². The molecule has 9 nitrogen and oxygen atoms in total. The zero-order valence-electron chi connectivity index (χ0n) is 17.2. The number of pyridine rings is 1. The SMILES string of the molecule is Nc1nn2cc(Cl)cnc2c1C(=O)Nc1cnccc1N1CCC(N2CCCC2)CC1. The van der Waals surface area contributed by atoms with E-state index < -0.39 is 0 Å². The van der Waals surface area contributed by atoms with Crippen LogP contribution in [-0.4, -0.2) is 62.6 Å². The third kappa shape index (κ3) is 3.90. The smallest absolute Gasteiger partial charge is 0.263 e. The van der Waals surface area contributed by atoms with Gasteiger partial charge in [0.05, 0.1) is 28.8 Å². The van der Waals surface area contributed by atoms with Gasteiger partial charge in [-0.1, -0.05) is 11.6 Å². The molecule has 0 atom stereocenters. The van der Waals surface area contributed by atoms with Gasteiger partial charge in [0, 0.05) is 31.5 Å². The number of carbonyl (C=O) groups is 1. The molecule has 3 aromatic rings. The summed E-state index contributed by atoms with van der Waals surface area (Å²) in [5.74, 6) is -0.271. The number of nitrogens with zero attached hydrogens (tertiary/aromatic N) is 6. The summed E-state index contributed by atoms with van der Waals surface area (Å²) >= 11 is 5.97. The Bertz CT molecular complexity index is 1100. The summed E-state index contributed by atoms with van der Waals surface area (Å²) in [5.41, 5.74) is 8.21. The van der Waals surface area contributed by atoms with Gasteiger partial charge < -0.3 is 20.9 Å². The monoisotopic (exact) mass is 440 g/mol. The average Bonchev–Trinajstić information content (AvgIpc) is 3.41. The summed E-state index contributed by atoms with van der Waals surface area (Å²) < 4.78 is 1.42. The lowest BCUT2D eigenvalue weighted by molar-refractivity contribution is 0.102. The van der Waals surface area contributed by atoms with E-state index >= 15 is 0 Å². The van der Waals surface area contributed by atoms with E-state index in [-0.39, 0.29) is 17.3 Å². The number of nitrogen functional groups attached to an aromatic ring is 1. The molecule has 0 spiro atoms. The highest BCUT2D eigenvalue weighted by Crippen LogP contribution is 2.30. The molecule has 2 saturated heterocycles. The minimum Gasteiger partial charge on any atom is -0.381 e. The first-order valence-corrected chi connectivity index (χ1v) is 11.0. The molecule has 1 amide bonds. The van der Waals surface area contributed by atoms with Gasteiger partial charge in [-0.05, 0) is 44.8 Å². The highest BCUT2D eigenvalue weighted by Gasteiger charge is 2.28. The van der Waals surface area contributed by atoms with Crippen molar-refractivity contribution in [2.45, 2.75) is 31.7 Å². The Hall–Kier alpha value is -2.91. The minimum absolute atomic E-state index is 0.101. The number of amides is 1. The third-order valence-electron chi connectivity index (χ3n) is 6.20. The number of carbonyl (C=O) groups excluding carboxylic acids is 1. The quantitative estimate of drug-likeness (QED) is 0.642. The Labute approximate surface area is 185 Å². The molecule has 162 valence electrons. The summed E-state index contributed by atoms with van der Waals surface area (Å²) in [6.45, 7) is 4.35. The fourth-order valence-corrected chi connectivity index (χ4v) is 4.81. The molecule has 2 aliphatic rings. The number of rotatable bonds is 4. The highest BCUT2D eigenvalue weighted by atomic mass is 35.5. The maximum atomic E-state index is 13.1. The van der Waals surface area contributed by atoms with Crippen LogP contribution in [0.2, 0.25) is 5.02 Å². The normalized spacial score (nSPS) is 18.0. The summed E-state index contributed by atoms with van der Waals surface area (Å²) in [4.78, 5) is 26.5. The number of halogens is 1. The lowest BCUT2D eigenvalue weighted by Gasteiger charge is -2.38. The number of nitrogens with two attached hydrogens (primary N) is 1. The molecule has 3 aromatic heterocycles. The largest absolute Gasteiger partial charge is 0.381 e. The van der Waals surface area contributed by atoms with Crippen LogP contribution in [0, 0.1) is 0 Å². The first-order chi connectivity index (χ1) is 15.1. The van der Waals surface area contributed by atoms with E-state index in [9.17, 15) is 4.79 Å². The summed E-state index contributed by atoms with van der Waals surface area (Å²) in [5, 5.41) is 7.53. The fraction of sp³-hybridized carbons (Fsp3) is 0.429. The predicted octanol–water partition coefficient (Wildman–Crippen LogP) is 2.68. The van der Waals surface area contributed by atoms with Crippen LogP contribution in [0.1, 0.15) is 36.0 Å². The van der Waals surface area contributed by atoms with Crippen molar-refractivity contribution in [1.29, 1.82) is 0 Å². The summed E-state index contributed by atoms with van der Waals surface area (Å²) in [7, 11) is 0. The Morgan fingerprint density at radius 3 is 2.71 bits per heavy atom. The lowest BCUT2D eigenvalue weighted by Crippen LogP contribution is -2.44. The lowest BCUT2D eigenvalue weighted by atomic mass is 10.0. The predicted molar refractivity (Wildman–Crippen MR) is 121 cm³/mol. The molecule has 5 rings (SSSR count). The van der Waals surface area contributed by atoms with E-state index in [1.165, 1.54) is 36.6 Å². The van der Waals surface area contributed by atoms with Crippen LogP contribution >= 0.6 is 11.6 Å². The Morgan fingerprint density at radius 1 is 1.16 bits per heavy atom. The number of hydrogen-bond acceptors (Lipinski definition) is 7. The summed E-state index contributed by atoms with van der Waals surface area (Å²) in [6.07, 6.45) is 11.3. The van der Waals surface area contributed by atoms with Gasteiger partial charge in [0.25, 0.3) is 5.91 Å². The van der Waals surface area contributed by atoms with Crippen LogP contribution in [-0.2, 0) is 0 Å². The first-order valence-electron chi connectivity index (χ1n) is 10.6. The van der Waals surface area contributed by atoms with Crippen LogP contribution in [0.3, 0.4) is 0 Å². The number of aromatic nitrogens is 4. The van der Waals surface area contributed by atoms with Crippen molar-refractivity contribution >= 4 is 40.3 Å². The van der Waals surface area contributed by atoms with Crippen LogP contribution in [0.25, 0.3) is 5.65 Å². The molecule has 10 heteroatoms. The number of likely N-dealkylation sites (tertiary alicyclic amines) is 1. The van der Waals surface area contributed by atoms with Gasteiger partial charge in [-0.25, -0.2) is 9.50 Å². The third-order valence-corrected chi connectivity index (χ3v) is 6.40. The Kier molecular flexibility index (Phi) is 5.37. The molecular formula is C21H25ClN8O. The fourth-order valence-electron chi connectivity index (χ4n) is 4.67. The van der Waals surface area contributed by atoms with E-state index in [0.29, 0.717) is 22.4 Å². The molecule has 0 aliphatic carbocycles. The Balaban J connectivity index is 1.34. The molecule has 0 aromatic carbocycles. The van der Waals surface area contributed by atoms with Crippen LogP contribution < -0.4 is 16.0 Å². The average molecular weight is 441 g/mol. The molecule has 2 aliphatic heterocycles. The van der Waals surface area contributed by atoms with Crippen molar-refractivity contribution in [3.8, 4) is 0 Å². The van der Waals surface area contributed by atoms with Crippen molar-refractivity contribution in [3.63, 3.8) is 0 Å². The zero-order valence-corrected chi connectivity index (χ0v) is 17.9. The van der Waals surface area contributed by atoms with Gasteiger partial charge in [0.2, 0.25) is 0 Å². The van der Waals surface area contributed by atoms with Gasteiger partial charge in [0.15, 0.2) is 11.5 Å². The van der Waals surface area contributed by atoms with Crippen molar-refractivity contribution in [2.75, 3.05) is 42.1 Å². The van der Waals surface area contributed by atoms with E-state index in [4.69, 9.17) is 17.3 Å². The molecule has 0 bridgehead atoms. The topological polar surface area (TPSA) is 105 Å². The molecule has 31 heavy (non-hydrogen) atoms. The maximum absolute atomic E-state index is 13.1. The Morgan fingerprint density at radius 2 is 1.94 bits per heavy atom. The molecule has 5 heterocycles. The van der Waals surface area contributed by atoms with E-state index in [1.807, 2.05) is 6.07 Å². The molecule has 0 radical (unpaired) electrons. The van der Waals surface area contributed by atoms with E-state index in [2.05, 4.69) is 30.2 Å². The molecule has 2 fully saturated rings. The van der Waals surface area contributed by atoms with Gasteiger partial charge in [-0.2, -0.15) is 0 Å². The second-order valence-corrected chi connectivity index (χ2v) is 8.55. The van der Waals surface area contributed by atoms with Crippen molar-refractivity contribution in [3.05, 3.63) is 41.4 Å². The van der Waals surface area contributed by atoms with Gasteiger partial charge in [-0.15, -0.1) is 5.10 Å². The minimum atomic E-state index is -0.372. The second kappa shape index (κ2) is 8.32. The van der Waals surface area contributed by atoms with Crippen molar-refractivity contribution in [1.82, 2.24) is 24.5 Å². The number of piperidine rings is 1. The van der Waals surface area contributed by atoms with Gasteiger partial charge >= 0.3 is 0 Å². The standard InChI is InChI=1S/C21H25ClN8O/c22-14-11-25-20-18(19(23)27-30(20)13-14)21(31)26-16-12-24-6-3-17(16)29-9-4-15(5-10-29)28-7-1-2-8-28/h3,6,11-13,15H,1-2,4-5,7-10H2,(H2,23,27)(H,26,31). The molecule has 0 unspecified atom stereocenters. The van der Waals surface area contributed by atoms with E-state index in [1.54, 1.807) is 18.6 Å².